The van der Waals surface area contributed by atoms with Gasteiger partial charge in [0.15, 0.2) is 5.82 Å². The zero-order chi connectivity index (χ0) is 16.2. The van der Waals surface area contributed by atoms with Crippen LogP contribution in [-0.4, -0.2) is 34.0 Å². The highest BCUT2D eigenvalue weighted by atomic mass is 35.5. The van der Waals surface area contributed by atoms with Crippen LogP contribution in [0.15, 0.2) is 34.9 Å². The van der Waals surface area contributed by atoms with Crippen molar-refractivity contribution in [2.24, 2.45) is 5.73 Å². The van der Waals surface area contributed by atoms with Crippen LogP contribution in [0.1, 0.15) is 48.5 Å². The van der Waals surface area contributed by atoms with Gasteiger partial charge in [0.2, 0.25) is 11.8 Å². The molecule has 2 atom stereocenters. The number of halogens is 1. The van der Waals surface area contributed by atoms with Gasteiger partial charge in [0.25, 0.3) is 0 Å². The summed E-state index contributed by atoms with van der Waals surface area (Å²) in [5, 5.41) is 3.84. The fourth-order valence-corrected chi connectivity index (χ4v) is 3.02. The average Bonchev–Trinajstić information content (AvgIpc) is 3.02. The van der Waals surface area contributed by atoms with E-state index in [0.717, 1.165) is 24.9 Å². The van der Waals surface area contributed by atoms with E-state index in [2.05, 4.69) is 10.1 Å². The molecule has 2 unspecified atom stereocenters. The van der Waals surface area contributed by atoms with Crippen LogP contribution in [0.3, 0.4) is 0 Å². The summed E-state index contributed by atoms with van der Waals surface area (Å²) in [4.78, 5) is 18.7. The molecule has 0 aliphatic carbocycles. The minimum atomic E-state index is -0.269. The van der Waals surface area contributed by atoms with Gasteiger partial charge in [-0.05, 0) is 25.3 Å². The van der Waals surface area contributed by atoms with Crippen molar-refractivity contribution in [3.63, 3.8) is 0 Å². The number of carbonyl (C=O) groups excluding carboxylic acids is 1. The lowest BCUT2D eigenvalue weighted by Gasteiger charge is -2.31. The van der Waals surface area contributed by atoms with Gasteiger partial charge in [0, 0.05) is 25.6 Å². The van der Waals surface area contributed by atoms with Gasteiger partial charge in [-0.1, -0.05) is 35.5 Å². The number of nitrogens with zero attached hydrogens (tertiary/aromatic N) is 3. The Morgan fingerprint density at radius 3 is 2.83 bits per heavy atom. The predicted octanol–water partition coefficient (Wildman–Crippen LogP) is 2.60. The molecule has 0 bridgehead atoms. The van der Waals surface area contributed by atoms with Gasteiger partial charge in [0.1, 0.15) is 0 Å². The Labute approximate surface area is 147 Å². The van der Waals surface area contributed by atoms with Crippen molar-refractivity contribution in [1.29, 1.82) is 0 Å². The van der Waals surface area contributed by atoms with Crippen LogP contribution in [0.25, 0.3) is 0 Å². The molecule has 1 saturated heterocycles. The first-order chi connectivity index (χ1) is 11.1. The Morgan fingerprint density at radius 1 is 1.42 bits per heavy atom. The van der Waals surface area contributed by atoms with Crippen LogP contribution in [0.2, 0.25) is 0 Å². The largest absolute Gasteiger partial charge is 0.342 e. The summed E-state index contributed by atoms with van der Waals surface area (Å²) >= 11 is 0. The molecule has 2 aromatic rings. The molecule has 130 valence electrons. The molecule has 3 rings (SSSR count). The zero-order valence-electron chi connectivity index (χ0n) is 13.7. The Balaban J connectivity index is 0.00000208. The Morgan fingerprint density at radius 2 is 2.17 bits per heavy atom. The van der Waals surface area contributed by atoms with Gasteiger partial charge < -0.3 is 15.2 Å². The maximum Gasteiger partial charge on any atom is 0.231 e. The van der Waals surface area contributed by atoms with Crippen molar-refractivity contribution in [2.75, 3.05) is 13.1 Å². The van der Waals surface area contributed by atoms with Crippen LogP contribution in [0, 0.1) is 6.92 Å². The lowest BCUT2D eigenvalue weighted by molar-refractivity contribution is -0.132. The number of amides is 1. The van der Waals surface area contributed by atoms with Crippen molar-refractivity contribution >= 4 is 18.3 Å². The smallest absolute Gasteiger partial charge is 0.231 e. The van der Waals surface area contributed by atoms with Gasteiger partial charge in [-0.25, -0.2) is 0 Å². The number of hydrogen-bond acceptors (Lipinski definition) is 5. The van der Waals surface area contributed by atoms with Crippen LogP contribution >= 0.6 is 12.4 Å². The molecule has 2 N–H and O–H groups in total. The highest BCUT2D eigenvalue weighted by molar-refractivity contribution is 5.85. The van der Waals surface area contributed by atoms with E-state index in [-0.39, 0.29) is 30.3 Å². The third-order valence-corrected chi connectivity index (χ3v) is 4.29. The van der Waals surface area contributed by atoms with Crippen LogP contribution in [0.5, 0.6) is 0 Å². The Hall–Kier alpha value is -1.92. The maximum atomic E-state index is 12.5. The number of benzene rings is 1. The lowest BCUT2D eigenvalue weighted by atomic mass is 9.96. The van der Waals surface area contributed by atoms with Crippen molar-refractivity contribution in [2.45, 2.75) is 38.1 Å². The second-order valence-electron chi connectivity index (χ2n) is 6.08. The first-order valence-electron chi connectivity index (χ1n) is 8.02. The van der Waals surface area contributed by atoms with Crippen LogP contribution in [0.4, 0.5) is 0 Å². The van der Waals surface area contributed by atoms with Gasteiger partial charge >= 0.3 is 0 Å². The Kier molecular flexibility index (Phi) is 6.34. The number of hydrogen-bond donors (Lipinski definition) is 1. The van der Waals surface area contributed by atoms with Crippen LogP contribution < -0.4 is 5.73 Å². The minimum Gasteiger partial charge on any atom is -0.342 e. The van der Waals surface area contributed by atoms with Gasteiger partial charge in [-0.3, -0.25) is 4.79 Å². The number of aromatic nitrogens is 2. The summed E-state index contributed by atoms with van der Waals surface area (Å²) in [7, 11) is 0. The van der Waals surface area contributed by atoms with E-state index >= 15 is 0 Å². The maximum absolute atomic E-state index is 12.5. The Bertz CT molecular complexity index is 662. The van der Waals surface area contributed by atoms with E-state index in [0.29, 0.717) is 24.7 Å². The molecule has 0 saturated carbocycles. The van der Waals surface area contributed by atoms with Crippen molar-refractivity contribution in [3.8, 4) is 0 Å². The number of nitrogens with two attached hydrogens (primary N) is 1. The molecular formula is C17H23ClN4O2. The number of rotatable bonds is 4. The number of likely N-dealkylation sites (tertiary alicyclic amines) is 1. The molecule has 1 aromatic carbocycles. The summed E-state index contributed by atoms with van der Waals surface area (Å²) < 4.78 is 5.26. The molecule has 0 radical (unpaired) electrons. The van der Waals surface area contributed by atoms with Crippen LogP contribution in [-0.2, 0) is 4.79 Å². The first kappa shape index (κ1) is 18.4. The van der Waals surface area contributed by atoms with E-state index in [1.807, 2.05) is 35.2 Å². The summed E-state index contributed by atoms with van der Waals surface area (Å²) in [6.07, 6.45) is 2.23. The van der Waals surface area contributed by atoms with E-state index in [1.165, 1.54) is 0 Å². The highest BCUT2D eigenvalue weighted by Gasteiger charge is 2.28. The monoisotopic (exact) mass is 350 g/mol. The third kappa shape index (κ3) is 4.33. The second-order valence-corrected chi connectivity index (χ2v) is 6.08. The fraction of sp³-hybridized carbons (Fsp3) is 0.471. The predicted molar refractivity (Wildman–Crippen MR) is 92.8 cm³/mol. The van der Waals surface area contributed by atoms with Crippen molar-refractivity contribution in [1.82, 2.24) is 15.0 Å². The normalized spacial score (nSPS) is 18.8. The molecule has 1 aliphatic rings. The lowest BCUT2D eigenvalue weighted by Crippen LogP contribution is -2.40. The van der Waals surface area contributed by atoms with E-state index in [9.17, 15) is 4.79 Å². The van der Waals surface area contributed by atoms with Gasteiger partial charge in [-0.15, -0.1) is 12.4 Å². The number of aryl methyl sites for hydroxylation is 1. The molecule has 1 aliphatic heterocycles. The topological polar surface area (TPSA) is 85.2 Å². The summed E-state index contributed by atoms with van der Waals surface area (Å²) in [6.45, 7) is 3.20. The molecule has 6 nitrogen and oxygen atoms in total. The number of carbonyl (C=O) groups is 1. The quantitative estimate of drug-likeness (QED) is 0.916. The first-order valence-corrected chi connectivity index (χ1v) is 8.02. The van der Waals surface area contributed by atoms with Gasteiger partial charge in [0.05, 0.1) is 5.92 Å². The summed E-state index contributed by atoms with van der Waals surface area (Å²) in [5.74, 6) is 1.48. The van der Waals surface area contributed by atoms with E-state index in [4.69, 9.17) is 10.3 Å². The van der Waals surface area contributed by atoms with Crippen molar-refractivity contribution in [3.05, 3.63) is 47.6 Å². The average molecular weight is 351 g/mol. The molecule has 1 aromatic heterocycles. The fourth-order valence-electron chi connectivity index (χ4n) is 3.02. The standard InChI is InChI=1S/C17H22N4O2.ClH/c1-12-19-17(23-20-12)14-8-5-9-21(11-14)16(22)10-15(18)13-6-3-2-4-7-13;/h2-4,6-7,14-15H,5,8-11,18H2,1H3;1H. The molecule has 24 heavy (non-hydrogen) atoms. The summed E-state index contributed by atoms with van der Waals surface area (Å²) in [5.41, 5.74) is 7.15. The molecular weight excluding hydrogens is 328 g/mol. The van der Waals surface area contributed by atoms with Gasteiger partial charge in [-0.2, -0.15) is 4.98 Å². The zero-order valence-corrected chi connectivity index (χ0v) is 14.5. The SMILES string of the molecule is Cc1noc(C2CCCN(C(=O)CC(N)c3ccccc3)C2)n1.Cl. The van der Waals surface area contributed by atoms with Crippen molar-refractivity contribution < 1.29 is 9.32 Å². The molecule has 1 amide bonds. The van der Waals surface area contributed by atoms with E-state index < -0.39 is 0 Å². The third-order valence-electron chi connectivity index (χ3n) is 4.29. The van der Waals surface area contributed by atoms with E-state index in [1.54, 1.807) is 6.92 Å². The number of piperidine rings is 1. The molecule has 1 fully saturated rings. The molecule has 7 heteroatoms. The molecule has 2 heterocycles. The highest BCUT2D eigenvalue weighted by Crippen LogP contribution is 2.26. The second kappa shape index (κ2) is 8.26. The minimum absolute atomic E-state index is 0. The molecule has 0 spiro atoms. The summed E-state index contributed by atoms with van der Waals surface area (Å²) in [6, 6.07) is 9.47.